The lowest BCUT2D eigenvalue weighted by molar-refractivity contribution is -0.140. The zero-order valence-electron chi connectivity index (χ0n) is 11.1. The molecule has 104 valence electrons. The zero-order chi connectivity index (χ0) is 14.0. The lowest BCUT2D eigenvalue weighted by Crippen LogP contribution is -2.37. The van der Waals surface area contributed by atoms with Gasteiger partial charge >= 0.3 is 11.9 Å². The molecule has 0 radical (unpaired) electrons. The number of hydrogen-bond donors (Lipinski definition) is 0. The van der Waals surface area contributed by atoms with Gasteiger partial charge in [-0.1, -0.05) is 6.08 Å². The molecule has 6 heteroatoms. The van der Waals surface area contributed by atoms with Crippen molar-refractivity contribution >= 4 is 11.9 Å². The highest BCUT2D eigenvalue weighted by molar-refractivity contribution is 6.05. The SMILES string of the molecule is CCOCC12C=CC(O1)C(C(=O)OC)=C2C(=O)OC. The normalized spacial score (nSPS) is 27.8. The van der Waals surface area contributed by atoms with Gasteiger partial charge in [-0.25, -0.2) is 9.59 Å². The number of esters is 2. The Morgan fingerprint density at radius 3 is 2.58 bits per heavy atom. The van der Waals surface area contributed by atoms with Crippen LogP contribution in [0.3, 0.4) is 0 Å². The highest BCUT2D eigenvalue weighted by Gasteiger charge is 2.54. The first-order chi connectivity index (χ1) is 9.09. The van der Waals surface area contributed by atoms with Crippen molar-refractivity contribution in [2.24, 2.45) is 0 Å². The molecular weight excluding hydrogens is 252 g/mol. The third-order valence-electron chi connectivity index (χ3n) is 3.17. The van der Waals surface area contributed by atoms with Crippen LogP contribution in [0.15, 0.2) is 23.3 Å². The summed E-state index contributed by atoms with van der Waals surface area (Å²) in [6.45, 7) is 2.47. The van der Waals surface area contributed by atoms with Crippen molar-refractivity contribution in [3.05, 3.63) is 23.3 Å². The second-order valence-electron chi connectivity index (χ2n) is 4.20. The van der Waals surface area contributed by atoms with Crippen LogP contribution in [0, 0.1) is 0 Å². The van der Waals surface area contributed by atoms with E-state index in [9.17, 15) is 9.59 Å². The average Bonchev–Trinajstić information content (AvgIpc) is 2.99. The summed E-state index contributed by atoms with van der Waals surface area (Å²) in [7, 11) is 2.52. The van der Waals surface area contributed by atoms with E-state index < -0.39 is 23.6 Å². The van der Waals surface area contributed by atoms with Crippen molar-refractivity contribution in [2.45, 2.75) is 18.6 Å². The predicted molar refractivity (Wildman–Crippen MR) is 64.3 cm³/mol. The van der Waals surface area contributed by atoms with Gasteiger partial charge in [0.2, 0.25) is 0 Å². The number of methoxy groups -OCH3 is 2. The van der Waals surface area contributed by atoms with Crippen LogP contribution in [0.5, 0.6) is 0 Å². The Labute approximate surface area is 111 Å². The minimum atomic E-state index is -1.04. The van der Waals surface area contributed by atoms with Crippen molar-refractivity contribution in [2.75, 3.05) is 27.4 Å². The second kappa shape index (κ2) is 5.14. The summed E-state index contributed by atoms with van der Waals surface area (Å²) in [6, 6.07) is 0. The highest BCUT2D eigenvalue weighted by atomic mass is 16.6. The predicted octanol–water partition coefficient (Wildman–Crippen LogP) is 0.373. The van der Waals surface area contributed by atoms with Gasteiger partial charge < -0.3 is 18.9 Å². The summed E-state index contributed by atoms with van der Waals surface area (Å²) < 4.78 is 20.5. The molecule has 0 amide bonds. The number of hydrogen-bond acceptors (Lipinski definition) is 6. The van der Waals surface area contributed by atoms with Gasteiger partial charge in [-0.05, 0) is 13.0 Å². The molecule has 6 nitrogen and oxygen atoms in total. The molecule has 0 N–H and O–H groups in total. The topological polar surface area (TPSA) is 71.1 Å². The molecule has 19 heavy (non-hydrogen) atoms. The van der Waals surface area contributed by atoms with Gasteiger partial charge in [0.05, 0.1) is 32.0 Å². The maximum atomic E-state index is 11.9. The van der Waals surface area contributed by atoms with Gasteiger partial charge in [0, 0.05) is 6.61 Å². The molecule has 0 aromatic heterocycles. The van der Waals surface area contributed by atoms with E-state index in [1.165, 1.54) is 14.2 Å². The van der Waals surface area contributed by atoms with E-state index in [1.807, 2.05) is 6.92 Å². The van der Waals surface area contributed by atoms with Crippen molar-refractivity contribution in [1.29, 1.82) is 0 Å². The molecule has 0 aliphatic carbocycles. The second-order valence-corrected chi connectivity index (χ2v) is 4.20. The standard InChI is InChI=1S/C13H16O6/c1-4-18-7-13-6-5-8(19-13)9(11(14)16-2)10(13)12(15)17-3/h5-6,8H,4,7H2,1-3H3. The zero-order valence-corrected chi connectivity index (χ0v) is 11.1. The largest absolute Gasteiger partial charge is 0.466 e. The molecule has 0 aromatic carbocycles. The van der Waals surface area contributed by atoms with Crippen LogP contribution >= 0.6 is 0 Å². The summed E-state index contributed by atoms with van der Waals surface area (Å²) >= 11 is 0. The monoisotopic (exact) mass is 268 g/mol. The van der Waals surface area contributed by atoms with E-state index in [2.05, 4.69) is 0 Å². The third kappa shape index (κ3) is 2.06. The molecule has 2 heterocycles. The molecule has 2 rings (SSSR count). The molecule has 0 saturated carbocycles. The molecule has 2 aliphatic heterocycles. The molecule has 0 aromatic rings. The Hall–Kier alpha value is -1.66. The molecular formula is C13H16O6. The minimum Gasteiger partial charge on any atom is -0.466 e. The van der Waals surface area contributed by atoms with E-state index in [-0.39, 0.29) is 17.8 Å². The van der Waals surface area contributed by atoms with Gasteiger partial charge in [0.15, 0.2) is 0 Å². The Kier molecular flexibility index (Phi) is 3.73. The van der Waals surface area contributed by atoms with Crippen LogP contribution in [-0.2, 0) is 28.5 Å². The van der Waals surface area contributed by atoms with Crippen LogP contribution in [0.25, 0.3) is 0 Å². The van der Waals surface area contributed by atoms with Gasteiger partial charge in [0.25, 0.3) is 0 Å². The van der Waals surface area contributed by atoms with E-state index in [1.54, 1.807) is 12.2 Å². The van der Waals surface area contributed by atoms with E-state index in [4.69, 9.17) is 18.9 Å². The quantitative estimate of drug-likeness (QED) is 0.530. The van der Waals surface area contributed by atoms with E-state index in [0.29, 0.717) is 6.61 Å². The number of ether oxygens (including phenoxy) is 4. The summed E-state index contributed by atoms with van der Waals surface area (Å²) in [5, 5.41) is 0. The maximum absolute atomic E-state index is 11.9. The lowest BCUT2D eigenvalue weighted by Gasteiger charge is -2.24. The molecule has 2 bridgehead atoms. The first-order valence-electron chi connectivity index (χ1n) is 5.95. The fourth-order valence-electron chi connectivity index (χ4n) is 2.34. The summed E-state index contributed by atoms with van der Waals surface area (Å²) in [5.41, 5.74) is -0.684. The molecule has 0 saturated heterocycles. The van der Waals surface area contributed by atoms with Crippen LogP contribution in [0.2, 0.25) is 0 Å². The van der Waals surface area contributed by atoms with Crippen molar-refractivity contribution in [3.8, 4) is 0 Å². The first kappa shape index (κ1) is 13.8. The molecule has 0 spiro atoms. The minimum absolute atomic E-state index is 0.154. The fraction of sp³-hybridized carbons (Fsp3) is 0.538. The summed E-state index contributed by atoms with van der Waals surface area (Å²) in [5.74, 6) is -1.19. The number of carbonyl (C=O) groups excluding carboxylic acids is 2. The number of fused-ring (bicyclic) bond motifs is 2. The van der Waals surface area contributed by atoms with E-state index in [0.717, 1.165) is 0 Å². The first-order valence-corrected chi connectivity index (χ1v) is 5.95. The molecule has 2 unspecified atom stereocenters. The highest BCUT2D eigenvalue weighted by Crippen LogP contribution is 2.44. The van der Waals surface area contributed by atoms with Gasteiger partial charge in [-0.15, -0.1) is 0 Å². The van der Waals surface area contributed by atoms with Gasteiger partial charge in [-0.3, -0.25) is 0 Å². The van der Waals surface area contributed by atoms with Crippen LogP contribution in [-0.4, -0.2) is 51.1 Å². The number of rotatable bonds is 5. The summed E-state index contributed by atoms with van der Waals surface area (Å²) in [6.07, 6.45) is 2.87. The van der Waals surface area contributed by atoms with Crippen molar-refractivity contribution in [3.63, 3.8) is 0 Å². The Morgan fingerprint density at radius 2 is 2.00 bits per heavy atom. The van der Waals surface area contributed by atoms with Crippen molar-refractivity contribution < 1.29 is 28.5 Å². The Bertz CT molecular complexity index is 464. The average molecular weight is 268 g/mol. The third-order valence-corrected chi connectivity index (χ3v) is 3.17. The lowest BCUT2D eigenvalue weighted by atomic mass is 9.87. The maximum Gasteiger partial charge on any atom is 0.337 e. The van der Waals surface area contributed by atoms with Crippen LogP contribution in [0.4, 0.5) is 0 Å². The smallest absolute Gasteiger partial charge is 0.337 e. The molecule has 0 fully saturated rings. The van der Waals surface area contributed by atoms with Crippen LogP contribution < -0.4 is 0 Å². The fourth-order valence-corrected chi connectivity index (χ4v) is 2.34. The number of carbonyl (C=O) groups is 2. The molecule has 2 aliphatic rings. The van der Waals surface area contributed by atoms with Crippen molar-refractivity contribution in [1.82, 2.24) is 0 Å². The Balaban J connectivity index is 2.44. The van der Waals surface area contributed by atoms with Crippen LogP contribution in [0.1, 0.15) is 6.92 Å². The van der Waals surface area contributed by atoms with Gasteiger partial charge in [0.1, 0.15) is 11.7 Å². The molecule has 2 atom stereocenters. The Morgan fingerprint density at radius 1 is 1.32 bits per heavy atom. The summed E-state index contributed by atoms with van der Waals surface area (Å²) in [4.78, 5) is 23.8. The van der Waals surface area contributed by atoms with Gasteiger partial charge in [-0.2, -0.15) is 0 Å². The van der Waals surface area contributed by atoms with E-state index >= 15 is 0 Å².